The zero-order valence-electron chi connectivity index (χ0n) is 13.2. The normalized spacial score (nSPS) is 16.9. The Kier molecular flexibility index (Phi) is 6.19. The summed E-state index contributed by atoms with van der Waals surface area (Å²) in [5.74, 6) is 0.678. The van der Waals surface area contributed by atoms with E-state index in [1.807, 2.05) is 6.92 Å². The smallest absolute Gasteiger partial charge is 0.242 e. The van der Waals surface area contributed by atoms with E-state index in [2.05, 4.69) is 4.90 Å². The number of morpholine rings is 1. The molecule has 7 heteroatoms. The number of benzene rings is 1. The van der Waals surface area contributed by atoms with Crippen LogP contribution < -0.4 is 4.74 Å². The van der Waals surface area contributed by atoms with Crippen molar-refractivity contribution in [3.8, 4) is 5.75 Å². The number of rotatable bonds is 7. The Hall–Kier alpha value is -1.15. The molecule has 0 atom stereocenters. The zero-order valence-corrected chi connectivity index (χ0v) is 14.0. The largest absolute Gasteiger partial charge is 0.494 e. The van der Waals surface area contributed by atoms with Crippen molar-refractivity contribution in [2.24, 2.45) is 0 Å². The summed E-state index contributed by atoms with van der Waals surface area (Å²) in [5.41, 5.74) is 0. The lowest BCUT2D eigenvalue weighted by Gasteiger charge is -2.28. The van der Waals surface area contributed by atoms with Gasteiger partial charge in [0, 0.05) is 33.2 Å². The third-order valence-electron chi connectivity index (χ3n) is 3.68. The van der Waals surface area contributed by atoms with E-state index in [4.69, 9.17) is 9.47 Å². The number of likely N-dealkylation sites (N-methyl/N-ethyl adjacent to an activating group) is 1. The maximum Gasteiger partial charge on any atom is 0.242 e. The zero-order chi connectivity index (χ0) is 16.0. The molecule has 0 N–H and O–H groups in total. The van der Waals surface area contributed by atoms with Gasteiger partial charge < -0.3 is 9.47 Å². The molecule has 1 fully saturated rings. The van der Waals surface area contributed by atoms with Crippen LogP contribution in [0.25, 0.3) is 0 Å². The highest BCUT2D eigenvalue weighted by molar-refractivity contribution is 7.89. The number of nitrogens with zero attached hydrogens (tertiary/aromatic N) is 2. The molecule has 0 aliphatic carbocycles. The summed E-state index contributed by atoms with van der Waals surface area (Å²) < 4.78 is 37.1. The SMILES string of the molecule is CCOc1ccc(S(=O)(=O)N(C)CCN2CCOCC2)cc1. The van der Waals surface area contributed by atoms with E-state index >= 15 is 0 Å². The van der Waals surface area contributed by atoms with Crippen molar-refractivity contribution < 1.29 is 17.9 Å². The Bertz CT molecular complexity index is 553. The molecule has 0 amide bonds. The van der Waals surface area contributed by atoms with E-state index in [0.29, 0.717) is 23.8 Å². The maximum atomic E-state index is 12.5. The number of ether oxygens (including phenoxy) is 2. The first-order valence-corrected chi connectivity index (χ1v) is 8.97. The van der Waals surface area contributed by atoms with E-state index in [9.17, 15) is 8.42 Å². The Labute approximate surface area is 132 Å². The summed E-state index contributed by atoms with van der Waals surface area (Å²) in [4.78, 5) is 2.51. The summed E-state index contributed by atoms with van der Waals surface area (Å²) in [6.07, 6.45) is 0. The topological polar surface area (TPSA) is 59.1 Å². The van der Waals surface area contributed by atoms with Gasteiger partial charge >= 0.3 is 0 Å². The third-order valence-corrected chi connectivity index (χ3v) is 5.55. The molecule has 0 saturated carbocycles. The number of hydrogen-bond donors (Lipinski definition) is 0. The minimum absolute atomic E-state index is 0.292. The Morgan fingerprint density at radius 2 is 1.86 bits per heavy atom. The highest BCUT2D eigenvalue weighted by Gasteiger charge is 2.21. The van der Waals surface area contributed by atoms with Gasteiger partial charge in [0.25, 0.3) is 0 Å². The van der Waals surface area contributed by atoms with Gasteiger partial charge in [-0.1, -0.05) is 0 Å². The average molecular weight is 328 g/mol. The predicted octanol–water partition coefficient (Wildman–Crippen LogP) is 1.04. The number of hydrogen-bond acceptors (Lipinski definition) is 5. The van der Waals surface area contributed by atoms with Gasteiger partial charge in [-0.2, -0.15) is 4.31 Å². The lowest BCUT2D eigenvalue weighted by Crippen LogP contribution is -2.41. The fraction of sp³-hybridized carbons (Fsp3) is 0.600. The van der Waals surface area contributed by atoms with Crippen LogP contribution in [0.1, 0.15) is 6.92 Å². The first kappa shape index (κ1) is 17.2. The molecular formula is C15H24N2O4S. The van der Waals surface area contributed by atoms with Gasteiger partial charge in [0.15, 0.2) is 0 Å². The van der Waals surface area contributed by atoms with Gasteiger partial charge in [-0.15, -0.1) is 0 Å². The molecular weight excluding hydrogens is 304 g/mol. The van der Waals surface area contributed by atoms with Crippen molar-refractivity contribution in [3.05, 3.63) is 24.3 Å². The fourth-order valence-electron chi connectivity index (χ4n) is 2.28. The van der Waals surface area contributed by atoms with Crippen LogP contribution in [-0.2, 0) is 14.8 Å². The first-order valence-electron chi connectivity index (χ1n) is 7.53. The molecule has 1 aromatic rings. The molecule has 1 aliphatic rings. The van der Waals surface area contributed by atoms with E-state index < -0.39 is 10.0 Å². The molecule has 1 saturated heterocycles. The van der Waals surface area contributed by atoms with Crippen LogP contribution >= 0.6 is 0 Å². The van der Waals surface area contributed by atoms with Crippen molar-refractivity contribution >= 4 is 10.0 Å². The Morgan fingerprint density at radius 3 is 2.45 bits per heavy atom. The van der Waals surface area contributed by atoms with Gasteiger partial charge in [0.1, 0.15) is 5.75 Å². The maximum absolute atomic E-state index is 12.5. The lowest BCUT2D eigenvalue weighted by atomic mass is 10.3. The molecule has 1 heterocycles. The Morgan fingerprint density at radius 1 is 1.23 bits per heavy atom. The van der Waals surface area contributed by atoms with Crippen molar-refractivity contribution in [3.63, 3.8) is 0 Å². The molecule has 22 heavy (non-hydrogen) atoms. The molecule has 0 aromatic heterocycles. The molecule has 1 aromatic carbocycles. The molecule has 2 rings (SSSR count). The van der Waals surface area contributed by atoms with Crippen LogP contribution in [0.15, 0.2) is 29.2 Å². The van der Waals surface area contributed by atoms with Crippen LogP contribution in [0, 0.1) is 0 Å². The minimum Gasteiger partial charge on any atom is -0.494 e. The third kappa shape index (κ3) is 4.42. The van der Waals surface area contributed by atoms with Crippen LogP contribution in [0.2, 0.25) is 0 Å². The summed E-state index contributed by atoms with van der Waals surface area (Å²) in [7, 11) is -1.83. The van der Waals surface area contributed by atoms with Gasteiger partial charge in [0.05, 0.1) is 24.7 Å². The van der Waals surface area contributed by atoms with E-state index in [1.165, 1.54) is 4.31 Å². The highest BCUT2D eigenvalue weighted by Crippen LogP contribution is 2.18. The summed E-state index contributed by atoms with van der Waals surface area (Å²) in [6.45, 7) is 6.79. The van der Waals surface area contributed by atoms with Crippen molar-refractivity contribution in [1.29, 1.82) is 0 Å². The van der Waals surface area contributed by atoms with E-state index in [0.717, 1.165) is 32.8 Å². The summed E-state index contributed by atoms with van der Waals surface area (Å²) in [6, 6.07) is 6.55. The standard InChI is InChI=1S/C15H24N2O4S/c1-3-21-14-4-6-15(7-5-14)22(18,19)16(2)8-9-17-10-12-20-13-11-17/h4-7H,3,8-13H2,1-2H3. The quantitative estimate of drug-likeness (QED) is 0.748. The first-order chi connectivity index (χ1) is 10.5. The number of sulfonamides is 1. The monoisotopic (exact) mass is 328 g/mol. The second kappa shape index (κ2) is 7.92. The van der Waals surface area contributed by atoms with Gasteiger partial charge in [-0.05, 0) is 31.2 Å². The predicted molar refractivity (Wildman–Crippen MR) is 84.7 cm³/mol. The van der Waals surface area contributed by atoms with Gasteiger partial charge in [-0.25, -0.2) is 8.42 Å². The van der Waals surface area contributed by atoms with E-state index in [-0.39, 0.29) is 0 Å². The van der Waals surface area contributed by atoms with Gasteiger partial charge in [0.2, 0.25) is 10.0 Å². The van der Waals surface area contributed by atoms with Crippen LogP contribution in [0.3, 0.4) is 0 Å². The molecule has 0 radical (unpaired) electrons. The molecule has 0 spiro atoms. The highest BCUT2D eigenvalue weighted by atomic mass is 32.2. The second-order valence-electron chi connectivity index (χ2n) is 5.19. The fourth-order valence-corrected chi connectivity index (χ4v) is 3.44. The average Bonchev–Trinajstić information content (AvgIpc) is 2.54. The van der Waals surface area contributed by atoms with Crippen LogP contribution in [0.4, 0.5) is 0 Å². The van der Waals surface area contributed by atoms with Crippen molar-refractivity contribution in [2.45, 2.75) is 11.8 Å². The summed E-state index contributed by atoms with van der Waals surface area (Å²) >= 11 is 0. The van der Waals surface area contributed by atoms with Crippen LogP contribution in [0.5, 0.6) is 5.75 Å². The van der Waals surface area contributed by atoms with Crippen molar-refractivity contribution in [2.75, 3.05) is 53.0 Å². The molecule has 0 unspecified atom stereocenters. The van der Waals surface area contributed by atoms with Crippen LogP contribution in [-0.4, -0.2) is 70.7 Å². The molecule has 6 nitrogen and oxygen atoms in total. The Balaban J connectivity index is 1.95. The molecule has 124 valence electrons. The van der Waals surface area contributed by atoms with Crippen molar-refractivity contribution in [1.82, 2.24) is 9.21 Å². The molecule has 0 bridgehead atoms. The van der Waals surface area contributed by atoms with Gasteiger partial charge in [-0.3, -0.25) is 4.90 Å². The molecule has 1 aliphatic heterocycles. The minimum atomic E-state index is -3.45. The van der Waals surface area contributed by atoms with E-state index in [1.54, 1.807) is 31.3 Å². The lowest BCUT2D eigenvalue weighted by molar-refractivity contribution is 0.0368. The second-order valence-corrected chi connectivity index (χ2v) is 7.23. The summed E-state index contributed by atoms with van der Waals surface area (Å²) in [5, 5.41) is 0.